The number of benzene rings is 1. The zero-order valence-corrected chi connectivity index (χ0v) is 12.1. The van der Waals surface area contributed by atoms with Crippen LogP contribution in [0.3, 0.4) is 0 Å². The van der Waals surface area contributed by atoms with Gasteiger partial charge in [-0.05, 0) is 35.6 Å². The molecule has 3 N–H and O–H groups in total. The Kier molecular flexibility index (Phi) is 4.90. The van der Waals surface area contributed by atoms with Gasteiger partial charge < -0.3 is 10.6 Å². The molecule has 0 spiro atoms. The molecular weight excluding hydrogens is 270 g/mol. The van der Waals surface area contributed by atoms with Gasteiger partial charge in [0, 0.05) is 19.2 Å². The summed E-state index contributed by atoms with van der Waals surface area (Å²) in [6, 6.07) is 11.8. The Balaban J connectivity index is 1.88. The molecule has 0 aliphatic carbocycles. The second-order valence-corrected chi connectivity index (χ2v) is 5.35. The molecule has 0 aliphatic rings. The van der Waals surface area contributed by atoms with Crippen LogP contribution in [0.4, 0.5) is 5.69 Å². The van der Waals surface area contributed by atoms with E-state index in [0.717, 1.165) is 22.5 Å². The Morgan fingerprint density at radius 2 is 2.00 bits per heavy atom. The first-order valence-corrected chi connectivity index (χ1v) is 7.26. The van der Waals surface area contributed by atoms with Gasteiger partial charge in [-0.15, -0.1) is 11.3 Å². The van der Waals surface area contributed by atoms with Crippen LogP contribution >= 0.6 is 11.3 Å². The maximum Gasteiger partial charge on any atom is 0.216 e. The van der Waals surface area contributed by atoms with Gasteiger partial charge in [-0.2, -0.15) is 0 Å². The summed E-state index contributed by atoms with van der Waals surface area (Å²) in [5, 5.41) is 15.7. The largest absolute Gasteiger partial charge is 0.356 e. The third-order valence-electron chi connectivity index (χ3n) is 2.78. The number of amides is 1. The fraction of sp³-hybridized carbons (Fsp3) is 0.200. The molecule has 1 aromatic heterocycles. The topological polar surface area (TPSA) is 65.0 Å². The van der Waals surface area contributed by atoms with Crippen LogP contribution in [0.2, 0.25) is 0 Å². The Morgan fingerprint density at radius 3 is 2.60 bits per heavy atom. The van der Waals surface area contributed by atoms with Gasteiger partial charge in [-0.1, -0.05) is 18.2 Å². The molecule has 0 saturated carbocycles. The van der Waals surface area contributed by atoms with Crippen LogP contribution in [0.25, 0.3) is 0 Å². The summed E-state index contributed by atoms with van der Waals surface area (Å²) in [7, 11) is 0. The monoisotopic (exact) mass is 287 g/mol. The zero-order valence-electron chi connectivity index (χ0n) is 11.3. The van der Waals surface area contributed by atoms with Gasteiger partial charge >= 0.3 is 0 Å². The van der Waals surface area contributed by atoms with Gasteiger partial charge in [0.15, 0.2) is 0 Å². The van der Waals surface area contributed by atoms with Gasteiger partial charge in [0.25, 0.3) is 0 Å². The number of thiophene rings is 1. The minimum atomic E-state index is -0.00678. The summed E-state index contributed by atoms with van der Waals surface area (Å²) >= 11 is 1.54. The van der Waals surface area contributed by atoms with Gasteiger partial charge in [-0.3, -0.25) is 10.2 Å². The van der Waals surface area contributed by atoms with E-state index in [-0.39, 0.29) is 5.91 Å². The number of hydrogen-bond acceptors (Lipinski definition) is 3. The zero-order chi connectivity index (χ0) is 14.4. The smallest absolute Gasteiger partial charge is 0.216 e. The van der Waals surface area contributed by atoms with E-state index in [1.807, 2.05) is 41.8 Å². The lowest BCUT2D eigenvalue weighted by atomic mass is 10.1. The Hall–Kier alpha value is -2.14. The molecule has 1 amide bonds. The van der Waals surface area contributed by atoms with Crippen molar-refractivity contribution >= 4 is 28.8 Å². The van der Waals surface area contributed by atoms with E-state index in [1.165, 1.54) is 18.3 Å². The molecule has 4 nitrogen and oxygen atoms in total. The minimum Gasteiger partial charge on any atom is -0.356 e. The van der Waals surface area contributed by atoms with Crippen molar-refractivity contribution in [3.63, 3.8) is 0 Å². The van der Waals surface area contributed by atoms with E-state index in [9.17, 15) is 4.79 Å². The predicted molar refractivity (Wildman–Crippen MR) is 83.6 cm³/mol. The van der Waals surface area contributed by atoms with E-state index >= 15 is 0 Å². The van der Waals surface area contributed by atoms with Gasteiger partial charge in [0.1, 0.15) is 5.84 Å². The van der Waals surface area contributed by atoms with E-state index < -0.39 is 0 Å². The first-order chi connectivity index (χ1) is 9.65. The minimum absolute atomic E-state index is 0.00678. The van der Waals surface area contributed by atoms with Crippen LogP contribution in [-0.4, -0.2) is 18.3 Å². The number of nitrogens with one attached hydrogen (secondary N) is 3. The molecule has 0 fully saturated rings. The summed E-state index contributed by atoms with van der Waals surface area (Å²) in [6.07, 6.45) is 0.808. The Bertz CT molecular complexity index is 576. The second kappa shape index (κ2) is 6.86. The van der Waals surface area contributed by atoms with Crippen molar-refractivity contribution in [1.82, 2.24) is 5.32 Å². The molecule has 20 heavy (non-hydrogen) atoms. The quantitative estimate of drug-likeness (QED) is 0.585. The number of carbonyl (C=O) groups is 1. The molecule has 1 heterocycles. The van der Waals surface area contributed by atoms with Crippen molar-refractivity contribution in [2.75, 3.05) is 11.9 Å². The molecule has 5 heteroatoms. The molecule has 0 atom stereocenters. The fourth-order valence-electron chi connectivity index (χ4n) is 1.76. The first-order valence-electron chi connectivity index (χ1n) is 6.38. The summed E-state index contributed by atoms with van der Waals surface area (Å²) < 4.78 is 0. The normalized spacial score (nSPS) is 10.1. The standard InChI is InChI=1S/C15H17N3OS/c1-11(19)17-9-8-12-4-6-13(7-5-12)18-15(16)14-3-2-10-20-14/h2-7,10H,8-9H2,1H3,(H2,16,18)(H,17,19). The van der Waals surface area contributed by atoms with Crippen LogP contribution in [0, 0.1) is 5.41 Å². The lowest BCUT2D eigenvalue weighted by Gasteiger charge is -2.08. The van der Waals surface area contributed by atoms with E-state index in [0.29, 0.717) is 12.4 Å². The molecule has 2 aromatic rings. The SMILES string of the molecule is CC(=O)NCCc1ccc(NC(=N)c2cccs2)cc1. The third-order valence-corrected chi connectivity index (χ3v) is 3.67. The molecule has 0 aliphatic heterocycles. The molecule has 2 rings (SSSR count). The van der Waals surface area contributed by atoms with Crippen LogP contribution in [0.5, 0.6) is 0 Å². The first kappa shape index (κ1) is 14.3. The van der Waals surface area contributed by atoms with E-state index in [2.05, 4.69) is 10.6 Å². The number of anilines is 1. The highest BCUT2D eigenvalue weighted by Crippen LogP contribution is 2.14. The summed E-state index contributed by atoms with van der Waals surface area (Å²) in [5.74, 6) is 0.402. The summed E-state index contributed by atoms with van der Waals surface area (Å²) in [4.78, 5) is 11.7. The molecule has 1 aromatic carbocycles. The lowest BCUT2D eigenvalue weighted by Crippen LogP contribution is -2.22. The van der Waals surface area contributed by atoms with Gasteiger partial charge in [-0.25, -0.2) is 0 Å². The average Bonchev–Trinajstić information content (AvgIpc) is 2.94. The maximum atomic E-state index is 10.8. The molecule has 0 unspecified atom stereocenters. The van der Waals surface area contributed by atoms with Crippen LogP contribution < -0.4 is 10.6 Å². The molecule has 0 saturated heterocycles. The van der Waals surface area contributed by atoms with Crippen molar-refractivity contribution in [2.45, 2.75) is 13.3 Å². The van der Waals surface area contributed by atoms with Crippen LogP contribution in [-0.2, 0) is 11.2 Å². The second-order valence-electron chi connectivity index (χ2n) is 4.41. The van der Waals surface area contributed by atoms with E-state index in [4.69, 9.17) is 5.41 Å². The van der Waals surface area contributed by atoms with E-state index in [1.54, 1.807) is 0 Å². The molecule has 104 valence electrons. The number of hydrogen-bond donors (Lipinski definition) is 3. The van der Waals surface area contributed by atoms with Crippen molar-refractivity contribution in [2.24, 2.45) is 0 Å². The average molecular weight is 287 g/mol. The van der Waals surface area contributed by atoms with Crippen molar-refractivity contribution < 1.29 is 4.79 Å². The molecule has 0 bridgehead atoms. The number of rotatable bonds is 5. The number of amidine groups is 1. The predicted octanol–water partition coefficient (Wildman–Crippen LogP) is 2.86. The highest BCUT2D eigenvalue weighted by molar-refractivity contribution is 7.12. The van der Waals surface area contributed by atoms with Crippen molar-refractivity contribution in [3.05, 3.63) is 52.2 Å². The van der Waals surface area contributed by atoms with Crippen molar-refractivity contribution in [3.8, 4) is 0 Å². The maximum absolute atomic E-state index is 10.8. The lowest BCUT2D eigenvalue weighted by molar-refractivity contribution is -0.118. The number of carbonyl (C=O) groups excluding carboxylic acids is 1. The Labute approximate surface area is 122 Å². The highest BCUT2D eigenvalue weighted by atomic mass is 32.1. The summed E-state index contributed by atoms with van der Waals surface area (Å²) in [5.41, 5.74) is 2.05. The molecule has 0 radical (unpaired) electrons. The third kappa shape index (κ3) is 4.20. The van der Waals surface area contributed by atoms with Crippen molar-refractivity contribution in [1.29, 1.82) is 5.41 Å². The van der Waals surface area contributed by atoms with Crippen LogP contribution in [0.15, 0.2) is 41.8 Å². The van der Waals surface area contributed by atoms with Gasteiger partial charge in [0.05, 0.1) is 4.88 Å². The van der Waals surface area contributed by atoms with Crippen LogP contribution in [0.1, 0.15) is 17.4 Å². The van der Waals surface area contributed by atoms with Gasteiger partial charge in [0.2, 0.25) is 5.91 Å². The highest BCUT2D eigenvalue weighted by Gasteiger charge is 2.02. The fourth-order valence-corrected chi connectivity index (χ4v) is 2.39. The molecular formula is C15H17N3OS. The Morgan fingerprint density at radius 1 is 1.25 bits per heavy atom. The summed E-state index contributed by atoms with van der Waals surface area (Å²) in [6.45, 7) is 2.16.